The molecule has 1 aromatic carbocycles. The van der Waals surface area contributed by atoms with Crippen molar-refractivity contribution >= 4 is 11.4 Å². The number of anilines is 2. The molecule has 0 bridgehead atoms. The molecule has 0 aromatic heterocycles. The van der Waals surface area contributed by atoms with Crippen molar-refractivity contribution in [3.63, 3.8) is 0 Å². The van der Waals surface area contributed by atoms with Crippen molar-refractivity contribution in [3.8, 4) is 6.07 Å². The highest BCUT2D eigenvalue weighted by atomic mass is 16.5. The van der Waals surface area contributed by atoms with Gasteiger partial charge in [-0.3, -0.25) is 0 Å². The number of nitrogen functional groups attached to an aromatic ring is 1. The first-order valence-corrected chi connectivity index (χ1v) is 4.91. The van der Waals surface area contributed by atoms with Crippen LogP contribution in [-0.4, -0.2) is 25.8 Å². The van der Waals surface area contributed by atoms with Crippen LogP contribution in [0.5, 0.6) is 0 Å². The number of nitriles is 1. The first kappa shape index (κ1) is 9.81. The monoisotopic (exact) mass is 203 g/mol. The Morgan fingerprint density at radius 3 is 3.13 bits per heavy atom. The second-order valence-corrected chi connectivity index (χ2v) is 3.53. The fraction of sp³-hybridized carbons (Fsp3) is 0.364. The van der Waals surface area contributed by atoms with Gasteiger partial charge in [0.05, 0.1) is 19.2 Å². The summed E-state index contributed by atoms with van der Waals surface area (Å²) in [5.41, 5.74) is 7.51. The Balaban J connectivity index is 2.14. The van der Waals surface area contributed by atoms with Crippen LogP contribution in [-0.2, 0) is 4.74 Å². The van der Waals surface area contributed by atoms with E-state index in [1.807, 2.05) is 24.3 Å². The number of ether oxygens (including phenoxy) is 1. The van der Waals surface area contributed by atoms with Gasteiger partial charge in [-0.05, 0) is 18.2 Å². The predicted octanol–water partition coefficient (Wildman–Crippen LogP) is 0.998. The summed E-state index contributed by atoms with van der Waals surface area (Å²) in [5.74, 6) is 0. The van der Waals surface area contributed by atoms with E-state index in [0.717, 1.165) is 17.9 Å². The first-order valence-electron chi connectivity index (χ1n) is 4.91. The Bertz CT molecular complexity index is 386. The number of morpholine rings is 1. The Kier molecular flexibility index (Phi) is 2.75. The third kappa shape index (κ3) is 2.20. The van der Waals surface area contributed by atoms with Gasteiger partial charge in [-0.1, -0.05) is 6.07 Å². The van der Waals surface area contributed by atoms with E-state index in [2.05, 4.69) is 11.0 Å². The van der Waals surface area contributed by atoms with E-state index in [1.54, 1.807) is 0 Å². The molecule has 0 amide bonds. The van der Waals surface area contributed by atoms with Crippen LogP contribution >= 0.6 is 0 Å². The maximum absolute atomic E-state index is 8.78. The van der Waals surface area contributed by atoms with Crippen molar-refractivity contribution in [2.24, 2.45) is 0 Å². The summed E-state index contributed by atoms with van der Waals surface area (Å²) in [6, 6.07) is 9.81. The average molecular weight is 203 g/mol. The van der Waals surface area contributed by atoms with Gasteiger partial charge in [-0.15, -0.1) is 0 Å². The molecule has 15 heavy (non-hydrogen) atoms. The van der Waals surface area contributed by atoms with Gasteiger partial charge in [0.1, 0.15) is 0 Å². The van der Waals surface area contributed by atoms with Crippen LogP contribution < -0.4 is 10.6 Å². The molecule has 4 nitrogen and oxygen atoms in total. The molecule has 1 heterocycles. The zero-order valence-corrected chi connectivity index (χ0v) is 8.39. The molecule has 1 aromatic rings. The molecule has 4 heteroatoms. The zero-order valence-electron chi connectivity index (χ0n) is 8.39. The van der Waals surface area contributed by atoms with Crippen LogP contribution in [0.4, 0.5) is 11.4 Å². The third-order valence-electron chi connectivity index (χ3n) is 2.45. The molecule has 1 fully saturated rings. The van der Waals surface area contributed by atoms with Gasteiger partial charge in [-0.2, -0.15) is 5.26 Å². The highest BCUT2D eigenvalue weighted by Gasteiger charge is 2.19. The second-order valence-electron chi connectivity index (χ2n) is 3.53. The highest BCUT2D eigenvalue weighted by molar-refractivity contribution is 5.56. The molecular formula is C11H13N3O. The minimum atomic E-state index is -0.333. The van der Waals surface area contributed by atoms with E-state index >= 15 is 0 Å². The van der Waals surface area contributed by atoms with Gasteiger partial charge >= 0.3 is 0 Å². The summed E-state index contributed by atoms with van der Waals surface area (Å²) in [6.45, 7) is 2.01. The molecule has 1 saturated heterocycles. The number of rotatable bonds is 1. The summed E-state index contributed by atoms with van der Waals surface area (Å²) in [7, 11) is 0. The van der Waals surface area contributed by atoms with Gasteiger partial charge in [0.2, 0.25) is 0 Å². The molecule has 1 atom stereocenters. The van der Waals surface area contributed by atoms with Crippen LogP contribution in [0.1, 0.15) is 0 Å². The highest BCUT2D eigenvalue weighted by Crippen LogP contribution is 2.19. The number of benzene rings is 1. The molecule has 0 saturated carbocycles. The molecule has 78 valence electrons. The smallest absolute Gasteiger partial charge is 0.161 e. The van der Waals surface area contributed by atoms with Crippen LogP contribution in [0, 0.1) is 11.3 Å². The average Bonchev–Trinajstić information content (AvgIpc) is 2.29. The number of hydrogen-bond acceptors (Lipinski definition) is 4. The van der Waals surface area contributed by atoms with Gasteiger partial charge in [0.15, 0.2) is 6.10 Å². The molecule has 0 spiro atoms. The van der Waals surface area contributed by atoms with E-state index in [1.165, 1.54) is 0 Å². The maximum Gasteiger partial charge on any atom is 0.161 e. The van der Waals surface area contributed by atoms with Gasteiger partial charge in [0, 0.05) is 17.9 Å². The Morgan fingerprint density at radius 1 is 1.53 bits per heavy atom. The molecule has 2 rings (SSSR count). The lowest BCUT2D eigenvalue weighted by Crippen LogP contribution is -2.41. The van der Waals surface area contributed by atoms with Gasteiger partial charge < -0.3 is 15.4 Å². The van der Waals surface area contributed by atoms with Crippen LogP contribution in [0.3, 0.4) is 0 Å². The fourth-order valence-electron chi connectivity index (χ4n) is 1.68. The summed E-state index contributed by atoms with van der Waals surface area (Å²) in [5, 5.41) is 8.78. The fourth-order valence-corrected chi connectivity index (χ4v) is 1.68. The summed E-state index contributed by atoms with van der Waals surface area (Å²) in [4.78, 5) is 2.12. The lowest BCUT2D eigenvalue weighted by Gasteiger charge is -2.31. The number of nitrogens with zero attached hydrogens (tertiary/aromatic N) is 2. The van der Waals surface area contributed by atoms with Gasteiger partial charge in [-0.25, -0.2) is 0 Å². The second kappa shape index (κ2) is 4.20. The number of nitrogens with two attached hydrogens (primary N) is 1. The zero-order chi connectivity index (χ0) is 10.7. The lowest BCUT2D eigenvalue weighted by atomic mass is 10.2. The van der Waals surface area contributed by atoms with Crippen molar-refractivity contribution in [1.29, 1.82) is 5.26 Å². The van der Waals surface area contributed by atoms with Crippen molar-refractivity contribution < 1.29 is 4.74 Å². The molecule has 2 N–H and O–H groups in total. The normalized spacial score (nSPS) is 21.0. The minimum Gasteiger partial charge on any atom is -0.399 e. The van der Waals surface area contributed by atoms with E-state index in [9.17, 15) is 0 Å². The topological polar surface area (TPSA) is 62.3 Å². The van der Waals surface area contributed by atoms with E-state index in [-0.39, 0.29) is 6.10 Å². The molecule has 1 unspecified atom stereocenters. The minimum absolute atomic E-state index is 0.333. The Labute approximate surface area is 88.9 Å². The maximum atomic E-state index is 8.78. The summed E-state index contributed by atoms with van der Waals surface area (Å²) < 4.78 is 5.28. The molecular weight excluding hydrogens is 190 g/mol. The molecule has 1 aliphatic rings. The molecule has 0 aliphatic carbocycles. The van der Waals surface area contributed by atoms with E-state index < -0.39 is 0 Å². The summed E-state index contributed by atoms with van der Waals surface area (Å²) in [6.07, 6.45) is -0.333. The van der Waals surface area contributed by atoms with E-state index in [0.29, 0.717) is 13.2 Å². The van der Waals surface area contributed by atoms with E-state index in [4.69, 9.17) is 15.7 Å². The lowest BCUT2D eigenvalue weighted by molar-refractivity contribution is 0.0764. The first-order chi connectivity index (χ1) is 7.29. The van der Waals surface area contributed by atoms with Crippen molar-refractivity contribution in [2.45, 2.75) is 6.10 Å². The molecule has 1 aliphatic heterocycles. The van der Waals surface area contributed by atoms with Crippen LogP contribution in [0.25, 0.3) is 0 Å². The third-order valence-corrected chi connectivity index (χ3v) is 2.45. The Morgan fingerprint density at radius 2 is 2.40 bits per heavy atom. The van der Waals surface area contributed by atoms with Crippen molar-refractivity contribution in [3.05, 3.63) is 24.3 Å². The summed E-state index contributed by atoms with van der Waals surface area (Å²) >= 11 is 0. The van der Waals surface area contributed by atoms with Crippen LogP contribution in [0.2, 0.25) is 0 Å². The van der Waals surface area contributed by atoms with Crippen LogP contribution in [0.15, 0.2) is 24.3 Å². The SMILES string of the molecule is N#CC1CN(c2cccc(N)c2)CCO1. The van der Waals surface area contributed by atoms with Crippen molar-refractivity contribution in [1.82, 2.24) is 0 Å². The standard InChI is InChI=1S/C11H13N3O/c12-7-11-8-14(4-5-15-11)10-3-1-2-9(13)6-10/h1-3,6,11H,4-5,8,13H2. The molecule has 0 radical (unpaired) electrons. The Hall–Kier alpha value is -1.73. The quantitative estimate of drug-likeness (QED) is 0.691. The van der Waals surface area contributed by atoms with Crippen molar-refractivity contribution in [2.75, 3.05) is 30.3 Å². The van der Waals surface area contributed by atoms with Gasteiger partial charge in [0.25, 0.3) is 0 Å². The largest absolute Gasteiger partial charge is 0.399 e. The predicted molar refractivity (Wildman–Crippen MR) is 58.4 cm³/mol. The number of hydrogen-bond donors (Lipinski definition) is 1.